The predicted molar refractivity (Wildman–Crippen MR) is 58.5 cm³/mol. The van der Waals surface area contributed by atoms with E-state index in [4.69, 9.17) is 0 Å². The van der Waals surface area contributed by atoms with Gasteiger partial charge in [-0.1, -0.05) is 0 Å². The Morgan fingerprint density at radius 2 is 2.20 bits per heavy atom. The fourth-order valence-corrected chi connectivity index (χ4v) is 1.42. The highest BCUT2D eigenvalue weighted by Gasteiger charge is 2.17. The molecule has 0 aliphatic heterocycles. The molecule has 2 unspecified atom stereocenters. The second kappa shape index (κ2) is 5.80. The Balaban J connectivity index is 2.62. The van der Waals surface area contributed by atoms with Crippen molar-refractivity contribution in [3.63, 3.8) is 0 Å². The average Bonchev–Trinajstić information content (AvgIpc) is 2.24. The number of aromatic nitrogens is 1. The van der Waals surface area contributed by atoms with Crippen LogP contribution in [0.4, 0.5) is 0 Å². The van der Waals surface area contributed by atoms with Gasteiger partial charge in [0.05, 0.1) is 6.10 Å². The van der Waals surface area contributed by atoms with Gasteiger partial charge in [0.2, 0.25) is 0 Å². The van der Waals surface area contributed by atoms with Crippen LogP contribution < -0.4 is 5.32 Å². The molecule has 3 N–H and O–H groups in total. The Kier molecular flexibility index (Phi) is 4.68. The number of nitrogens with one attached hydrogen (secondary N) is 1. The number of pyridine rings is 1. The van der Waals surface area contributed by atoms with Crippen LogP contribution in [0.5, 0.6) is 0 Å². The minimum Gasteiger partial charge on any atom is -0.390 e. The zero-order valence-corrected chi connectivity index (χ0v) is 9.14. The Labute approximate surface area is 90.0 Å². The summed E-state index contributed by atoms with van der Waals surface area (Å²) in [5.74, 6) is 0. The molecule has 0 spiro atoms. The highest BCUT2D eigenvalue weighted by Crippen LogP contribution is 2.18. The number of hydrogen-bond acceptors (Lipinski definition) is 4. The van der Waals surface area contributed by atoms with Crippen molar-refractivity contribution in [3.8, 4) is 0 Å². The fourth-order valence-electron chi connectivity index (χ4n) is 1.42. The number of aryl methyl sites for hydroxylation is 1. The lowest BCUT2D eigenvalue weighted by Gasteiger charge is -2.18. The third-order valence-corrected chi connectivity index (χ3v) is 2.32. The van der Waals surface area contributed by atoms with E-state index < -0.39 is 12.2 Å². The molecule has 1 aromatic heterocycles. The van der Waals surface area contributed by atoms with Crippen LogP contribution in [0.2, 0.25) is 0 Å². The molecule has 0 bridgehead atoms. The molecule has 4 nitrogen and oxygen atoms in total. The Hall–Kier alpha value is -0.970. The minimum atomic E-state index is -0.833. The standard InChI is InChI=1S/C11H18N2O2/c1-8-7-9(3-6-13-8)11(15)10(14)4-5-12-2/h3,6-7,10-12,14-15H,4-5H2,1-2H3. The van der Waals surface area contributed by atoms with E-state index in [1.54, 1.807) is 18.3 Å². The maximum atomic E-state index is 9.83. The van der Waals surface area contributed by atoms with Gasteiger partial charge in [0.25, 0.3) is 0 Å². The Morgan fingerprint density at radius 3 is 2.80 bits per heavy atom. The molecule has 1 aromatic rings. The lowest BCUT2D eigenvalue weighted by atomic mass is 10.0. The van der Waals surface area contributed by atoms with E-state index >= 15 is 0 Å². The number of rotatable bonds is 5. The molecule has 4 heteroatoms. The number of aliphatic hydroxyl groups excluding tert-OH is 2. The van der Waals surface area contributed by atoms with Crippen LogP contribution >= 0.6 is 0 Å². The van der Waals surface area contributed by atoms with E-state index in [0.29, 0.717) is 18.5 Å². The van der Waals surface area contributed by atoms with Gasteiger partial charge >= 0.3 is 0 Å². The summed E-state index contributed by atoms with van der Waals surface area (Å²) in [4.78, 5) is 4.04. The molecule has 0 amide bonds. The van der Waals surface area contributed by atoms with Crippen LogP contribution in [0, 0.1) is 6.92 Å². The number of aliphatic hydroxyl groups is 2. The normalized spacial score (nSPS) is 14.9. The lowest BCUT2D eigenvalue weighted by Crippen LogP contribution is -2.23. The van der Waals surface area contributed by atoms with Crippen molar-refractivity contribution in [2.75, 3.05) is 13.6 Å². The lowest BCUT2D eigenvalue weighted by molar-refractivity contribution is 0.0139. The van der Waals surface area contributed by atoms with Crippen LogP contribution in [0.15, 0.2) is 18.3 Å². The van der Waals surface area contributed by atoms with Gasteiger partial charge in [0, 0.05) is 11.9 Å². The first-order chi connectivity index (χ1) is 7.15. The van der Waals surface area contributed by atoms with Gasteiger partial charge < -0.3 is 15.5 Å². The van der Waals surface area contributed by atoms with Gasteiger partial charge in [-0.15, -0.1) is 0 Å². The van der Waals surface area contributed by atoms with Crippen molar-refractivity contribution in [2.45, 2.75) is 25.6 Å². The van der Waals surface area contributed by atoms with Crippen LogP contribution in [-0.2, 0) is 0 Å². The molecule has 0 radical (unpaired) electrons. The molecule has 0 aromatic carbocycles. The van der Waals surface area contributed by atoms with Gasteiger partial charge in [-0.05, 0) is 44.6 Å². The molecule has 0 fully saturated rings. The smallest absolute Gasteiger partial charge is 0.105 e. The van der Waals surface area contributed by atoms with Gasteiger partial charge in [-0.3, -0.25) is 4.98 Å². The van der Waals surface area contributed by atoms with Gasteiger partial charge in [0.15, 0.2) is 0 Å². The van der Waals surface area contributed by atoms with E-state index in [1.165, 1.54) is 0 Å². The molecule has 15 heavy (non-hydrogen) atoms. The number of nitrogens with zero attached hydrogens (tertiary/aromatic N) is 1. The summed E-state index contributed by atoms with van der Waals surface area (Å²) < 4.78 is 0. The van der Waals surface area contributed by atoms with E-state index in [9.17, 15) is 10.2 Å². The molecule has 0 saturated carbocycles. The first-order valence-corrected chi connectivity index (χ1v) is 5.08. The summed E-state index contributed by atoms with van der Waals surface area (Å²) in [5.41, 5.74) is 1.55. The van der Waals surface area contributed by atoms with Crippen molar-refractivity contribution in [2.24, 2.45) is 0 Å². The molecule has 0 saturated heterocycles. The third-order valence-electron chi connectivity index (χ3n) is 2.32. The highest BCUT2D eigenvalue weighted by molar-refractivity contribution is 5.18. The van der Waals surface area contributed by atoms with Gasteiger partial charge in [-0.25, -0.2) is 0 Å². The van der Waals surface area contributed by atoms with E-state index in [1.807, 2.05) is 14.0 Å². The van der Waals surface area contributed by atoms with Crippen molar-refractivity contribution in [3.05, 3.63) is 29.6 Å². The maximum absolute atomic E-state index is 9.83. The largest absolute Gasteiger partial charge is 0.390 e. The predicted octanol–water partition coefficient (Wildman–Crippen LogP) is 0.394. The molecule has 0 aliphatic carbocycles. The fraction of sp³-hybridized carbons (Fsp3) is 0.545. The van der Waals surface area contributed by atoms with E-state index in [0.717, 1.165) is 5.69 Å². The summed E-state index contributed by atoms with van der Waals surface area (Å²) in [6, 6.07) is 3.51. The van der Waals surface area contributed by atoms with Crippen molar-refractivity contribution in [1.82, 2.24) is 10.3 Å². The monoisotopic (exact) mass is 210 g/mol. The molecule has 84 valence electrons. The van der Waals surface area contributed by atoms with Crippen molar-refractivity contribution in [1.29, 1.82) is 0 Å². The Bertz CT molecular complexity index is 304. The highest BCUT2D eigenvalue weighted by atomic mass is 16.3. The molecule has 1 heterocycles. The second-order valence-corrected chi connectivity index (χ2v) is 3.63. The topological polar surface area (TPSA) is 65.4 Å². The zero-order chi connectivity index (χ0) is 11.3. The average molecular weight is 210 g/mol. The summed E-state index contributed by atoms with van der Waals surface area (Å²) >= 11 is 0. The summed E-state index contributed by atoms with van der Waals surface area (Å²) in [6.07, 6.45) is 0.594. The van der Waals surface area contributed by atoms with Crippen LogP contribution in [0.25, 0.3) is 0 Å². The van der Waals surface area contributed by atoms with Crippen LogP contribution in [0.1, 0.15) is 23.8 Å². The van der Waals surface area contributed by atoms with Crippen LogP contribution in [-0.4, -0.2) is 34.9 Å². The maximum Gasteiger partial charge on any atom is 0.105 e. The number of hydrogen-bond donors (Lipinski definition) is 3. The van der Waals surface area contributed by atoms with E-state index in [2.05, 4.69) is 10.3 Å². The second-order valence-electron chi connectivity index (χ2n) is 3.63. The van der Waals surface area contributed by atoms with Gasteiger partial charge in [0.1, 0.15) is 6.10 Å². The summed E-state index contributed by atoms with van der Waals surface area (Å²) in [6.45, 7) is 2.54. The molecule has 1 rings (SSSR count). The third kappa shape index (κ3) is 3.58. The first kappa shape index (κ1) is 12.1. The molecular weight excluding hydrogens is 192 g/mol. The quantitative estimate of drug-likeness (QED) is 0.658. The van der Waals surface area contributed by atoms with Crippen LogP contribution in [0.3, 0.4) is 0 Å². The zero-order valence-electron chi connectivity index (χ0n) is 9.14. The summed E-state index contributed by atoms with van der Waals surface area (Å²) in [7, 11) is 1.82. The molecular formula is C11H18N2O2. The van der Waals surface area contributed by atoms with E-state index in [-0.39, 0.29) is 0 Å². The minimum absolute atomic E-state index is 0.527. The SMILES string of the molecule is CNCCC(O)C(O)c1ccnc(C)c1. The Morgan fingerprint density at radius 1 is 1.47 bits per heavy atom. The van der Waals surface area contributed by atoms with Gasteiger partial charge in [-0.2, -0.15) is 0 Å². The van der Waals surface area contributed by atoms with Crippen molar-refractivity contribution < 1.29 is 10.2 Å². The molecule has 2 atom stereocenters. The van der Waals surface area contributed by atoms with Crippen molar-refractivity contribution >= 4 is 0 Å². The summed E-state index contributed by atoms with van der Waals surface area (Å²) in [5, 5.41) is 22.5. The molecule has 0 aliphatic rings. The first-order valence-electron chi connectivity index (χ1n) is 5.08.